The van der Waals surface area contributed by atoms with Crippen molar-refractivity contribution in [2.75, 3.05) is 0 Å². The molecule has 0 radical (unpaired) electrons. The largest absolute Gasteiger partial charge is 0.286 e. The van der Waals surface area contributed by atoms with Gasteiger partial charge < -0.3 is 0 Å². The summed E-state index contributed by atoms with van der Waals surface area (Å²) in [4.78, 5) is 0. The van der Waals surface area contributed by atoms with E-state index in [1.807, 2.05) is 0 Å². The molecule has 1 aliphatic rings. The summed E-state index contributed by atoms with van der Waals surface area (Å²) in [5, 5.41) is 1.43. The van der Waals surface area contributed by atoms with Gasteiger partial charge in [0.25, 0.3) is 0 Å². The average molecular weight is 309 g/mol. The number of rotatable bonds is 0. The third kappa shape index (κ3) is 1.27. The molecule has 0 aliphatic heterocycles. The van der Waals surface area contributed by atoms with Gasteiger partial charge in [-0.15, -0.1) is 0 Å². The number of aryl methyl sites for hydroxylation is 1. The first kappa shape index (κ1) is 9.46. The van der Waals surface area contributed by atoms with E-state index in [9.17, 15) is 0 Å². The monoisotopic (exact) mass is 309 g/mol. The van der Waals surface area contributed by atoms with Crippen LogP contribution in [-0.2, 0) is 6.42 Å². The Morgan fingerprint density at radius 2 is 2.20 bits per heavy atom. The lowest BCUT2D eigenvalue weighted by Gasteiger charge is -2.06. The Hall–Kier alpha value is -0.770. The highest BCUT2D eigenvalue weighted by atomic mass is 127. The van der Waals surface area contributed by atoms with Gasteiger partial charge in [-0.2, -0.15) is 0 Å². The van der Waals surface area contributed by atoms with Gasteiger partial charge in [0, 0.05) is 16.6 Å². The molecule has 1 aliphatic carbocycles. The highest BCUT2D eigenvalue weighted by Crippen LogP contribution is 2.34. The van der Waals surface area contributed by atoms with E-state index in [0.29, 0.717) is 0 Å². The molecule has 0 atom stereocenters. The maximum atomic E-state index is 2.42. The lowest BCUT2D eigenvalue weighted by atomic mass is 10.00. The molecule has 1 nitrogen and oxygen atoms in total. The topological polar surface area (TPSA) is 4.93 Å². The quantitative estimate of drug-likeness (QED) is 0.646. The van der Waals surface area contributed by atoms with Crippen molar-refractivity contribution >= 4 is 39.8 Å². The number of hydrogen-bond acceptors (Lipinski definition) is 0. The average Bonchev–Trinajstić information content (AvgIpc) is 2.55. The van der Waals surface area contributed by atoms with E-state index < -0.39 is 0 Å². The fraction of sp³-hybridized carbons (Fsp3) is 0.231. The molecular formula is C13H12IN. The van der Waals surface area contributed by atoms with E-state index in [4.69, 9.17) is 0 Å². The smallest absolute Gasteiger partial charge is 0.0643 e. The van der Waals surface area contributed by atoms with Crippen LogP contribution in [0.3, 0.4) is 0 Å². The number of nitrogens with zero attached hydrogens (tertiary/aromatic N) is 1. The van der Waals surface area contributed by atoms with Gasteiger partial charge in [0.1, 0.15) is 0 Å². The Morgan fingerprint density at radius 1 is 1.33 bits per heavy atom. The second-order valence-electron chi connectivity index (χ2n) is 4.05. The Morgan fingerprint density at radius 3 is 3.07 bits per heavy atom. The highest BCUT2D eigenvalue weighted by molar-refractivity contribution is 14.1. The van der Waals surface area contributed by atoms with Gasteiger partial charge in [-0.3, -0.25) is 2.78 Å². The molecule has 0 bridgehead atoms. The summed E-state index contributed by atoms with van der Waals surface area (Å²) in [6.45, 7) is 2.20. The third-order valence-corrected chi connectivity index (χ3v) is 4.21. The highest BCUT2D eigenvalue weighted by Gasteiger charge is 2.16. The standard InChI is InChI=1S/C13H12IN/c1-9-5-4-8-12-13(9)10-6-2-3-7-11(10)15(12)14/h2,4-6,8H,3,7H2,1H3. The van der Waals surface area contributed by atoms with Crippen LogP contribution >= 0.6 is 22.9 Å². The summed E-state index contributed by atoms with van der Waals surface area (Å²) >= 11 is 2.42. The molecule has 0 saturated heterocycles. The second kappa shape index (κ2) is 3.37. The van der Waals surface area contributed by atoms with E-state index in [2.05, 4.69) is 62.9 Å². The fourth-order valence-corrected chi connectivity index (χ4v) is 3.30. The molecule has 3 rings (SSSR count). The van der Waals surface area contributed by atoms with E-state index in [0.717, 1.165) is 0 Å². The van der Waals surface area contributed by atoms with Crippen LogP contribution in [0, 0.1) is 6.92 Å². The van der Waals surface area contributed by atoms with Crippen molar-refractivity contribution < 1.29 is 0 Å². The van der Waals surface area contributed by atoms with Gasteiger partial charge >= 0.3 is 0 Å². The molecular weight excluding hydrogens is 297 g/mol. The molecule has 0 N–H and O–H groups in total. The zero-order chi connectivity index (χ0) is 10.4. The van der Waals surface area contributed by atoms with Crippen LogP contribution in [0.25, 0.3) is 17.0 Å². The van der Waals surface area contributed by atoms with Crippen LogP contribution < -0.4 is 0 Å². The summed E-state index contributed by atoms with van der Waals surface area (Å²) in [5.41, 5.74) is 5.64. The van der Waals surface area contributed by atoms with Crippen molar-refractivity contribution in [3.05, 3.63) is 41.1 Å². The van der Waals surface area contributed by atoms with Crippen molar-refractivity contribution in [1.82, 2.24) is 2.78 Å². The Bertz CT molecular complexity index is 563. The minimum atomic E-state index is 1.17. The van der Waals surface area contributed by atoms with Crippen molar-refractivity contribution in [2.24, 2.45) is 0 Å². The van der Waals surface area contributed by atoms with E-state index >= 15 is 0 Å². The predicted molar refractivity (Wildman–Crippen MR) is 73.4 cm³/mol. The zero-order valence-corrected chi connectivity index (χ0v) is 10.8. The third-order valence-electron chi connectivity index (χ3n) is 3.11. The molecule has 2 heteroatoms. The van der Waals surface area contributed by atoms with Crippen molar-refractivity contribution in [1.29, 1.82) is 0 Å². The molecule has 1 heterocycles. The van der Waals surface area contributed by atoms with Crippen LogP contribution in [0.2, 0.25) is 0 Å². The van der Waals surface area contributed by atoms with Crippen LogP contribution in [-0.4, -0.2) is 2.78 Å². The summed E-state index contributed by atoms with van der Waals surface area (Å²) in [5.74, 6) is 0. The number of allylic oxidation sites excluding steroid dienone is 1. The normalized spacial score (nSPS) is 14.5. The van der Waals surface area contributed by atoms with Crippen LogP contribution in [0.15, 0.2) is 24.3 Å². The Kier molecular flexibility index (Phi) is 2.12. The number of fused-ring (bicyclic) bond motifs is 3. The first-order valence-electron chi connectivity index (χ1n) is 5.24. The Balaban J connectivity index is 2.51. The molecule has 0 spiro atoms. The van der Waals surface area contributed by atoms with Crippen LogP contribution in [0.4, 0.5) is 0 Å². The summed E-state index contributed by atoms with van der Waals surface area (Å²) < 4.78 is 2.32. The zero-order valence-electron chi connectivity index (χ0n) is 8.63. The minimum Gasteiger partial charge on any atom is -0.286 e. The molecule has 1 aromatic heterocycles. The minimum absolute atomic E-state index is 1.17. The van der Waals surface area contributed by atoms with Gasteiger partial charge in [-0.1, -0.05) is 24.3 Å². The fourth-order valence-electron chi connectivity index (χ4n) is 2.40. The van der Waals surface area contributed by atoms with Crippen molar-refractivity contribution in [2.45, 2.75) is 19.8 Å². The van der Waals surface area contributed by atoms with Gasteiger partial charge in [-0.25, -0.2) is 0 Å². The van der Waals surface area contributed by atoms with Gasteiger partial charge in [0.05, 0.1) is 28.4 Å². The van der Waals surface area contributed by atoms with Crippen molar-refractivity contribution in [3.63, 3.8) is 0 Å². The van der Waals surface area contributed by atoms with Gasteiger partial charge in [0.2, 0.25) is 0 Å². The molecule has 0 fully saturated rings. The summed E-state index contributed by atoms with van der Waals surface area (Å²) in [6, 6.07) is 6.55. The SMILES string of the molecule is Cc1cccc2c1c1c(n2I)CCC=C1. The lowest BCUT2D eigenvalue weighted by molar-refractivity contribution is 0.943. The molecule has 0 amide bonds. The van der Waals surface area contributed by atoms with E-state index in [1.165, 1.54) is 40.6 Å². The maximum absolute atomic E-state index is 2.42. The summed E-state index contributed by atoms with van der Waals surface area (Å²) in [7, 11) is 0. The summed E-state index contributed by atoms with van der Waals surface area (Å²) in [6.07, 6.45) is 6.91. The lowest BCUT2D eigenvalue weighted by Crippen LogP contribution is -1.95. The predicted octanol–water partition coefficient (Wildman–Crippen LogP) is 4.11. The second-order valence-corrected chi connectivity index (χ2v) is 5.02. The molecule has 76 valence electrons. The molecule has 1 aromatic carbocycles. The van der Waals surface area contributed by atoms with Crippen LogP contribution in [0.1, 0.15) is 23.2 Å². The first-order valence-corrected chi connectivity index (χ1v) is 6.21. The van der Waals surface area contributed by atoms with Gasteiger partial charge in [0.15, 0.2) is 0 Å². The van der Waals surface area contributed by atoms with Crippen LogP contribution in [0.5, 0.6) is 0 Å². The van der Waals surface area contributed by atoms with E-state index in [1.54, 1.807) is 0 Å². The number of aromatic nitrogens is 1. The Labute approximate surface area is 103 Å². The number of halogens is 1. The van der Waals surface area contributed by atoms with E-state index in [-0.39, 0.29) is 0 Å². The molecule has 15 heavy (non-hydrogen) atoms. The maximum Gasteiger partial charge on any atom is 0.0643 e. The molecule has 2 aromatic rings. The molecule has 0 unspecified atom stereocenters. The number of hydrogen-bond donors (Lipinski definition) is 0. The first-order chi connectivity index (χ1) is 7.29. The molecule has 0 saturated carbocycles. The number of benzene rings is 1. The van der Waals surface area contributed by atoms with Gasteiger partial charge in [-0.05, 0) is 31.4 Å². The van der Waals surface area contributed by atoms with Crippen molar-refractivity contribution in [3.8, 4) is 0 Å².